The third-order valence-corrected chi connectivity index (χ3v) is 4.09. The summed E-state index contributed by atoms with van der Waals surface area (Å²) in [5.41, 5.74) is 0.901. The fraction of sp³-hybridized carbons (Fsp3) is 0.692. The summed E-state index contributed by atoms with van der Waals surface area (Å²) >= 11 is 2.08. The van der Waals surface area contributed by atoms with E-state index in [0.29, 0.717) is 3.57 Å². The molecule has 0 aliphatic rings. The van der Waals surface area contributed by atoms with Crippen molar-refractivity contribution in [2.24, 2.45) is 0 Å². The molecule has 1 N–H and O–H groups in total. The number of rotatable bonds is 6. The Kier molecular flexibility index (Phi) is 6.28. The second-order valence-electron chi connectivity index (χ2n) is 4.64. The van der Waals surface area contributed by atoms with Crippen LogP contribution in [0.4, 0.5) is 0 Å². The highest BCUT2D eigenvalue weighted by atomic mass is 127. The molecule has 0 bridgehead atoms. The maximum atomic E-state index is 11.8. The van der Waals surface area contributed by atoms with E-state index in [9.17, 15) is 4.79 Å². The van der Waals surface area contributed by atoms with Crippen LogP contribution in [0, 0.1) is 3.57 Å². The lowest BCUT2D eigenvalue weighted by Crippen LogP contribution is -2.27. The van der Waals surface area contributed by atoms with Crippen molar-refractivity contribution in [3.63, 3.8) is 0 Å². The normalized spacial score (nSPS) is 11.5. The third kappa shape index (κ3) is 4.05. The second-order valence-corrected chi connectivity index (χ2v) is 5.72. The van der Waals surface area contributed by atoms with Crippen molar-refractivity contribution in [3.8, 4) is 0 Å². The van der Waals surface area contributed by atoms with Gasteiger partial charge in [-0.05, 0) is 41.6 Å². The van der Waals surface area contributed by atoms with E-state index in [1.807, 2.05) is 0 Å². The highest BCUT2D eigenvalue weighted by Gasteiger charge is 2.12. The van der Waals surface area contributed by atoms with Gasteiger partial charge in [-0.1, -0.05) is 27.7 Å². The Hall–Kier alpha value is -0.430. The van der Waals surface area contributed by atoms with E-state index in [-0.39, 0.29) is 11.5 Å². The average molecular weight is 363 g/mol. The number of likely N-dealkylation sites (N-methyl/N-ethyl adjacent to an activating group) is 1. The summed E-state index contributed by atoms with van der Waals surface area (Å²) in [6.45, 7) is 11.4. The summed E-state index contributed by atoms with van der Waals surface area (Å²) in [5.74, 6) is 1.09. The first-order chi connectivity index (χ1) is 8.49. The molecule has 0 atom stereocenters. The van der Waals surface area contributed by atoms with Gasteiger partial charge in [0.2, 0.25) is 0 Å². The van der Waals surface area contributed by atoms with Gasteiger partial charge in [0, 0.05) is 13.0 Å². The summed E-state index contributed by atoms with van der Waals surface area (Å²) in [5, 5.41) is 0. The molecule has 18 heavy (non-hydrogen) atoms. The minimum atomic E-state index is -0.0103. The standard InChI is InChI=1S/C13H22IN3O/c1-5-17(6-2)8-7-10-15-12(9(3)4)11(14)13(18)16-10/h9H,5-8H2,1-4H3,(H,15,16,18). The van der Waals surface area contributed by atoms with Crippen molar-refractivity contribution in [1.82, 2.24) is 14.9 Å². The van der Waals surface area contributed by atoms with Gasteiger partial charge in [0.15, 0.2) is 0 Å². The van der Waals surface area contributed by atoms with Crippen molar-refractivity contribution in [3.05, 3.63) is 25.4 Å². The largest absolute Gasteiger partial charge is 0.310 e. The third-order valence-electron chi connectivity index (χ3n) is 3.04. The fourth-order valence-electron chi connectivity index (χ4n) is 1.83. The van der Waals surface area contributed by atoms with E-state index < -0.39 is 0 Å². The summed E-state index contributed by atoms with van der Waals surface area (Å²) in [4.78, 5) is 21.6. The highest BCUT2D eigenvalue weighted by molar-refractivity contribution is 14.1. The molecule has 0 saturated carbocycles. The Morgan fingerprint density at radius 1 is 1.33 bits per heavy atom. The molecule has 0 saturated heterocycles. The first-order valence-corrected chi connectivity index (χ1v) is 7.58. The molecule has 0 unspecified atom stereocenters. The summed E-state index contributed by atoms with van der Waals surface area (Å²) in [6.07, 6.45) is 0.799. The number of aromatic nitrogens is 2. The van der Waals surface area contributed by atoms with E-state index >= 15 is 0 Å². The van der Waals surface area contributed by atoms with Gasteiger partial charge in [-0.3, -0.25) is 4.79 Å². The Balaban J connectivity index is 2.87. The van der Waals surface area contributed by atoms with Crippen molar-refractivity contribution >= 4 is 22.6 Å². The number of nitrogens with zero attached hydrogens (tertiary/aromatic N) is 2. The van der Waals surface area contributed by atoms with Crippen molar-refractivity contribution in [1.29, 1.82) is 0 Å². The molecule has 1 aromatic rings. The smallest absolute Gasteiger partial charge is 0.264 e. The first-order valence-electron chi connectivity index (χ1n) is 6.50. The number of halogens is 1. The molecule has 0 spiro atoms. The first kappa shape index (κ1) is 15.6. The van der Waals surface area contributed by atoms with Gasteiger partial charge >= 0.3 is 0 Å². The molecule has 0 amide bonds. The highest BCUT2D eigenvalue weighted by Crippen LogP contribution is 2.15. The zero-order chi connectivity index (χ0) is 13.7. The van der Waals surface area contributed by atoms with Crippen molar-refractivity contribution in [2.75, 3.05) is 19.6 Å². The lowest BCUT2D eigenvalue weighted by atomic mass is 10.1. The summed E-state index contributed by atoms with van der Waals surface area (Å²) in [6, 6.07) is 0. The number of H-pyrrole nitrogens is 1. The van der Waals surface area contributed by atoms with Gasteiger partial charge in [0.1, 0.15) is 5.82 Å². The van der Waals surface area contributed by atoms with Crippen LogP contribution in [0.5, 0.6) is 0 Å². The molecule has 0 aliphatic carbocycles. The Morgan fingerprint density at radius 3 is 2.44 bits per heavy atom. The zero-order valence-electron chi connectivity index (χ0n) is 11.6. The maximum absolute atomic E-state index is 11.8. The Morgan fingerprint density at radius 2 is 1.94 bits per heavy atom. The van der Waals surface area contributed by atoms with Gasteiger partial charge in [-0.2, -0.15) is 0 Å². The molecule has 102 valence electrons. The van der Waals surface area contributed by atoms with Gasteiger partial charge in [-0.15, -0.1) is 0 Å². The van der Waals surface area contributed by atoms with Gasteiger partial charge < -0.3 is 9.88 Å². The van der Waals surface area contributed by atoms with Crippen LogP contribution in [0.1, 0.15) is 45.1 Å². The van der Waals surface area contributed by atoms with Crippen LogP contribution in [0.25, 0.3) is 0 Å². The van der Waals surface area contributed by atoms with Crippen LogP contribution in [-0.2, 0) is 6.42 Å². The monoisotopic (exact) mass is 363 g/mol. The minimum Gasteiger partial charge on any atom is -0.310 e. The van der Waals surface area contributed by atoms with Crippen LogP contribution >= 0.6 is 22.6 Å². The number of hydrogen-bond donors (Lipinski definition) is 1. The van der Waals surface area contributed by atoms with Crippen LogP contribution in [0.3, 0.4) is 0 Å². The predicted molar refractivity (Wildman–Crippen MR) is 83.2 cm³/mol. The molecule has 0 aliphatic heterocycles. The quantitative estimate of drug-likeness (QED) is 0.790. The Labute approximate surface area is 122 Å². The zero-order valence-corrected chi connectivity index (χ0v) is 13.7. The summed E-state index contributed by atoms with van der Waals surface area (Å²) in [7, 11) is 0. The Bertz CT molecular complexity index is 438. The second kappa shape index (κ2) is 7.23. The van der Waals surface area contributed by atoms with Crippen molar-refractivity contribution in [2.45, 2.75) is 40.0 Å². The predicted octanol–water partition coefficient (Wildman–Crippen LogP) is 2.38. The molecule has 5 heteroatoms. The van der Waals surface area contributed by atoms with E-state index in [0.717, 1.165) is 37.6 Å². The molecule has 4 nitrogen and oxygen atoms in total. The molecule has 0 radical (unpaired) electrons. The number of aromatic amines is 1. The van der Waals surface area contributed by atoms with Crippen LogP contribution < -0.4 is 5.56 Å². The lowest BCUT2D eigenvalue weighted by Gasteiger charge is -2.17. The number of nitrogens with one attached hydrogen (secondary N) is 1. The molecular formula is C13H22IN3O. The van der Waals surface area contributed by atoms with Crippen LogP contribution in [0.2, 0.25) is 0 Å². The SMILES string of the molecule is CCN(CC)CCc1nc(C(C)C)c(I)c(=O)[nH]1. The topological polar surface area (TPSA) is 49.0 Å². The average Bonchev–Trinajstić information content (AvgIpc) is 2.34. The molecular weight excluding hydrogens is 341 g/mol. The van der Waals surface area contributed by atoms with E-state index in [1.54, 1.807) is 0 Å². The minimum absolute atomic E-state index is 0.0103. The fourth-order valence-corrected chi connectivity index (χ4v) is 2.71. The van der Waals surface area contributed by atoms with E-state index in [2.05, 4.69) is 65.2 Å². The van der Waals surface area contributed by atoms with E-state index in [4.69, 9.17) is 0 Å². The van der Waals surface area contributed by atoms with E-state index in [1.165, 1.54) is 0 Å². The lowest BCUT2D eigenvalue weighted by molar-refractivity contribution is 0.305. The number of hydrogen-bond acceptors (Lipinski definition) is 3. The summed E-state index contributed by atoms with van der Waals surface area (Å²) < 4.78 is 0.717. The van der Waals surface area contributed by atoms with Crippen LogP contribution in [-0.4, -0.2) is 34.5 Å². The van der Waals surface area contributed by atoms with Gasteiger partial charge in [0.05, 0.1) is 9.26 Å². The molecule has 0 fully saturated rings. The van der Waals surface area contributed by atoms with Gasteiger partial charge in [0.25, 0.3) is 5.56 Å². The molecule has 1 heterocycles. The molecule has 0 aromatic carbocycles. The molecule has 1 aromatic heterocycles. The molecule has 1 rings (SSSR count). The van der Waals surface area contributed by atoms with Crippen molar-refractivity contribution < 1.29 is 0 Å². The van der Waals surface area contributed by atoms with Gasteiger partial charge in [-0.25, -0.2) is 4.98 Å². The maximum Gasteiger partial charge on any atom is 0.264 e. The van der Waals surface area contributed by atoms with Crippen LogP contribution in [0.15, 0.2) is 4.79 Å².